The summed E-state index contributed by atoms with van der Waals surface area (Å²) in [6, 6.07) is 8.51. The molecule has 2 nitrogen and oxygen atoms in total. The molecule has 0 heterocycles. The molecule has 0 saturated carbocycles. The average Bonchev–Trinajstić information content (AvgIpc) is 2.64. The van der Waals surface area contributed by atoms with Crippen molar-refractivity contribution in [1.29, 1.82) is 0 Å². The molecule has 0 fully saturated rings. The molecule has 29 heavy (non-hydrogen) atoms. The van der Waals surface area contributed by atoms with Gasteiger partial charge >= 0.3 is 0 Å². The van der Waals surface area contributed by atoms with Gasteiger partial charge in [0.15, 0.2) is 0 Å². The van der Waals surface area contributed by atoms with E-state index >= 15 is 0 Å². The third-order valence-electron chi connectivity index (χ3n) is 5.78. The summed E-state index contributed by atoms with van der Waals surface area (Å²) in [5, 5.41) is 21.8. The molecule has 0 saturated heterocycles. The van der Waals surface area contributed by atoms with Gasteiger partial charge < -0.3 is 10.2 Å². The number of aryl methyl sites for hydroxylation is 4. The Labute approximate surface area is 180 Å². The number of phenols is 2. The van der Waals surface area contributed by atoms with Crippen molar-refractivity contribution in [1.82, 2.24) is 0 Å². The van der Waals surface area contributed by atoms with Crippen LogP contribution in [0.1, 0.15) is 92.7 Å². The largest absolute Gasteiger partial charge is 0.507 e. The predicted octanol–water partition coefficient (Wildman–Crippen LogP) is 7.19. The van der Waals surface area contributed by atoms with Crippen molar-refractivity contribution in [3.8, 4) is 11.5 Å². The van der Waals surface area contributed by atoms with Crippen LogP contribution in [0.4, 0.5) is 0 Å². The lowest BCUT2D eigenvalue weighted by molar-refractivity contribution is 0.438. The minimum absolute atomic E-state index is 0.118. The van der Waals surface area contributed by atoms with Gasteiger partial charge in [0.25, 0.3) is 0 Å². The Morgan fingerprint density at radius 2 is 1.17 bits per heavy atom. The van der Waals surface area contributed by atoms with Gasteiger partial charge in [-0.1, -0.05) is 64.8 Å². The summed E-state index contributed by atoms with van der Waals surface area (Å²) in [5.41, 5.74) is 6.17. The number of hydrogen-bond donors (Lipinski definition) is 2. The predicted molar refractivity (Wildman–Crippen MR) is 129 cm³/mol. The molecule has 0 aliphatic carbocycles. The van der Waals surface area contributed by atoms with Crippen molar-refractivity contribution in [2.45, 2.75) is 91.1 Å². The van der Waals surface area contributed by atoms with Crippen molar-refractivity contribution in [3.63, 3.8) is 0 Å². The SMILES string of the molecule is CCCCc1cc(C)c(O)c(C(c2cc(CCCC)cc(C)c2O)C(C)(C)P)c1. The monoisotopic (exact) mass is 414 g/mol. The van der Waals surface area contributed by atoms with Gasteiger partial charge in [0, 0.05) is 17.0 Å². The topological polar surface area (TPSA) is 40.5 Å². The smallest absolute Gasteiger partial charge is 0.122 e. The van der Waals surface area contributed by atoms with Gasteiger partial charge in [-0.15, -0.1) is 9.24 Å². The van der Waals surface area contributed by atoms with E-state index in [-0.39, 0.29) is 11.1 Å². The van der Waals surface area contributed by atoms with E-state index in [1.165, 1.54) is 11.1 Å². The molecule has 0 bridgehead atoms. The Morgan fingerprint density at radius 3 is 1.48 bits per heavy atom. The molecule has 2 N–H and O–H groups in total. The van der Waals surface area contributed by atoms with Crippen LogP contribution in [0.2, 0.25) is 0 Å². The van der Waals surface area contributed by atoms with Crippen LogP contribution in [0, 0.1) is 13.8 Å². The number of hydrogen-bond acceptors (Lipinski definition) is 2. The molecular formula is C26H39O2P. The van der Waals surface area contributed by atoms with Crippen molar-refractivity contribution >= 4 is 9.24 Å². The minimum atomic E-state index is -0.236. The maximum Gasteiger partial charge on any atom is 0.122 e. The molecule has 2 aromatic carbocycles. The van der Waals surface area contributed by atoms with Crippen LogP contribution in [-0.4, -0.2) is 15.4 Å². The summed E-state index contributed by atoms with van der Waals surface area (Å²) in [5.74, 6) is 0.580. The Hall–Kier alpha value is -1.53. The third-order valence-corrected chi connectivity index (χ3v) is 6.12. The highest BCUT2D eigenvalue weighted by atomic mass is 31.0. The third kappa shape index (κ3) is 5.76. The molecule has 1 atom stereocenters. The van der Waals surface area contributed by atoms with Crippen molar-refractivity contribution in [2.75, 3.05) is 0 Å². The van der Waals surface area contributed by atoms with E-state index in [9.17, 15) is 10.2 Å². The quantitative estimate of drug-likeness (QED) is 0.426. The second-order valence-electron chi connectivity index (χ2n) is 9.16. The van der Waals surface area contributed by atoms with Crippen LogP contribution < -0.4 is 0 Å². The number of phenolic OH excluding ortho intramolecular Hbond substituents is 2. The highest BCUT2D eigenvalue weighted by molar-refractivity contribution is 7.19. The highest BCUT2D eigenvalue weighted by Gasteiger charge is 2.33. The van der Waals surface area contributed by atoms with Crippen LogP contribution in [-0.2, 0) is 12.8 Å². The van der Waals surface area contributed by atoms with E-state index in [1.807, 2.05) is 13.8 Å². The van der Waals surface area contributed by atoms with Gasteiger partial charge in [0.2, 0.25) is 0 Å². The number of rotatable bonds is 9. The van der Waals surface area contributed by atoms with Crippen molar-refractivity contribution in [3.05, 3.63) is 57.6 Å². The van der Waals surface area contributed by atoms with Gasteiger partial charge in [-0.05, 0) is 66.9 Å². The van der Waals surface area contributed by atoms with E-state index in [0.29, 0.717) is 11.5 Å². The first-order valence-electron chi connectivity index (χ1n) is 11.0. The fourth-order valence-corrected chi connectivity index (χ4v) is 4.59. The van der Waals surface area contributed by atoms with Gasteiger partial charge in [-0.3, -0.25) is 0 Å². The first kappa shape index (κ1) is 23.7. The molecule has 3 heteroatoms. The second-order valence-corrected chi connectivity index (χ2v) is 10.7. The minimum Gasteiger partial charge on any atom is -0.507 e. The van der Waals surface area contributed by atoms with Crippen LogP contribution in [0.5, 0.6) is 11.5 Å². The first-order chi connectivity index (χ1) is 13.6. The highest BCUT2D eigenvalue weighted by Crippen LogP contribution is 2.48. The molecule has 2 rings (SSSR count). The summed E-state index contributed by atoms with van der Waals surface area (Å²) in [6.07, 6.45) is 6.58. The molecule has 1 unspecified atom stereocenters. The van der Waals surface area contributed by atoms with Crippen LogP contribution >= 0.6 is 9.24 Å². The summed E-state index contributed by atoms with van der Waals surface area (Å²) >= 11 is 0. The van der Waals surface area contributed by atoms with Crippen LogP contribution in [0.15, 0.2) is 24.3 Å². The molecule has 0 radical (unpaired) electrons. The zero-order valence-corrected chi connectivity index (χ0v) is 20.3. The number of aromatic hydroxyl groups is 2. The molecular weight excluding hydrogens is 375 g/mol. The summed E-state index contributed by atoms with van der Waals surface area (Å²) in [6.45, 7) is 12.7. The van der Waals surface area contributed by atoms with E-state index in [2.05, 4.69) is 61.2 Å². The van der Waals surface area contributed by atoms with E-state index in [4.69, 9.17) is 0 Å². The fraction of sp³-hybridized carbons (Fsp3) is 0.538. The van der Waals surface area contributed by atoms with Gasteiger partial charge in [0.1, 0.15) is 11.5 Å². The number of unbranched alkanes of at least 4 members (excludes halogenated alkanes) is 2. The first-order valence-corrected chi connectivity index (χ1v) is 11.6. The normalized spacial score (nSPS) is 12.0. The Morgan fingerprint density at radius 1 is 0.793 bits per heavy atom. The molecule has 0 amide bonds. The molecule has 0 aromatic heterocycles. The van der Waals surface area contributed by atoms with Crippen LogP contribution in [0.25, 0.3) is 0 Å². The van der Waals surface area contributed by atoms with Gasteiger partial charge in [0.05, 0.1) is 0 Å². The summed E-state index contributed by atoms with van der Waals surface area (Å²) in [4.78, 5) is 0. The molecule has 0 aliphatic heterocycles. The van der Waals surface area contributed by atoms with E-state index in [0.717, 1.165) is 60.8 Å². The van der Waals surface area contributed by atoms with Crippen molar-refractivity contribution in [2.24, 2.45) is 0 Å². The number of benzene rings is 2. The van der Waals surface area contributed by atoms with Gasteiger partial charge in [-0.25, -0.2) is 0 Å². The standard InChI is InChI=1S/C26H39O2P/c1-7-9-11-19-13-17(3)24(27)21(15-19)23(26(5,6)29)22-16-20(12-10-8-2)14-18(4)25(22)28/h13-16,23,27-28H,7-12,29H2,1-6H3. The van der Waals surface area contributed by atoms with Gasteiger partial charge in [-0.2, -0.15) is 0 Å². The maximum absolute atomic E-state index is 11.0. The summed E-state index contributed by atoms with van der Waals surface area (Å²) in [7, 11) is 2.94. The lowest BCUT2D eigenvalue weighted by Crippen LogP contribution is -2.24. The Balaban J connectivity index is 2.68. The molecule has 0 spiro atoms. The molecule has 2 aromatic rings. The summed E-state index contributed by atoms with van der Waals surface area (Å²) < 4.78 is 0. The van der Waals surface area contributed by atoms with E-state index in [1.54, 1.807) is 0 Å². The second kappa shape index (κ2) is 9.98. The Bertz CT molecular complexity index is 770. The Kier molecular flexibility index (Phi) is 8.18. The molecule has 0 aliphatic rings. The zero-order chi connectivity index (χ0) is 21.8. The fourth-order valence-electron chi connectivity index (χ4n) is 4.23. The van der Waals surface area contributed by atoms with Crippen molar-refractivity contribution < 1.29 is 10.2 Å². The van der Waals surface area contributed by atoms with E-state index < -0.39 is 0 Å². The lowest BCUT2D eigenvalue weighted by Gasteiger charge is -2.34. The lowest BCUT2D eigenvalue weighted by atomic mass is 9.78. The zero-order valence-electron chi connectivity index (χ0n) is 19.1. The maximum atomic E-state index is 11.0. The van der Waals surface area contributed by atoms with Crippen LogP contribution in [0.3, 0.4) is 0 Å². The molecule has 160 valence electrons. The average molecular weight is 415 g/mol.